The van der Waals surface area contributed by atoms with Crippen LogP contribution in [0.2, 0.25) is 0 Å². The summed E-state index contributed by atoms with van der Waals surface area (Å²) in [6.45, 7) is 4.14. The molecule has 0 saturated heterocycles. The molecule has 0 saturated carbocycles. The molecular weight excluding hydrogens is 454 g/mol. The number of aryl methyl sites for hydroxylation is 1. The molecule has 3 aromatic rings. The van der Waals surface area contributed by atoms with Crippen LogP contribution in [-0.4, -0.2) is 40.9 Å². The normalized spacial score (nSPS) is 12.2. The van der Waals surface area contributed by atoms with E-state index in [0.29, 0.717) is 11.1 Å². The summed E-state index contributed by atoms with van der Waals surface area (Å²) in [4.78, 5) is 23.8. The Morgan fingerprint density at radius 3 is 2.27 bits per heavy atom. The zero-order valence-corrected chi connectivity index (χ0v) is 19.4. The number of furan rings is 1. The van der Waals surface area contributed by atoms with Gasteiger partial charge in [0.15, 0.2) is 0 Å². The third-order valence-corrected chi connectivity index (χ3v) is 5.99. The van der Waals surface area contributed by atoms with Gasteiger partial charge in [0.25, 0.3) is 10.0 Å². The number of benzene rings is 2. The van der Waals surface area contributed by atoms with Crippen LogP contribution in [0, 0.1) is 6.92 Å². The maximum atomic E-state index is 12.9. The second kappa shape index (κ2) is 9.41. The molecule has 1 unspecified atom stereocenters. The smallest absolute Gasteiger partial charge is 0.345 e. The zero-order chi connectivity index (χ0) is 24.3. The molecule has 11 heteroatoms. The van der Waals surface area contributed by atoms with Crippen molar-refractivity contribution in [2.45, 2.75) is 32.0 Å². The summed E-state index contributed by atoms with van der Waals surface area (Å²) < 4.78 is 54.3. The lowest BCUT2D eigenvalue weighted by Crippen LogP contribution is -2.20. The van der Waals surface area contributed by atoms with Gasteiger partial charge in [0.1, 0.15) is 28.4 Å². The van der Waals surface area contributed by atoms with Gasteiger partial charge >= 0.3 is 11.9 Å². The lowest BCUT2D eigenvalue weighted by molar-refractivity contribution is -0.162. The van der Waals surface area contributed by atoms with E-state index in [1.807, 2.05) is 0 Å². The first kappa shape index (κ1) is 23.9. The highest BCUT2D eigenvalue weighted by molar-refractivity contribution is 7.92. The van der Waals surface area contributed by atoms with Gasteiger partial charge in [-0.15, -0.1) is 0 Å². The van der Waals surface area contributed by atoms with Gasteiger partial charge in [-0.25, -0.2) is 13.2 Å². The molecule has 1 aromatic heterocycles. The molecule has 0 fully saturated rings. The van der Waals surface area contributed by atoms with Crippen LogP contribution in [0.3, 0.4) is 0 Å². The molecule has 0 spiro atoms. The van der Waals surface area contributed by atoms with Crippen LogP contribution in [-0.2, 0) is 24.3 Å². The van der Waals surface area contributed by atoms with Gasteiger partial charge in [0.05, 0.1) is 24.8 Å². The lowest BCUT2D eigenvalue weighted by atomic mass is 10.1. The molecule has 0 aliphatic rings. The van der Waals surface area contributed by atoms with E-state index in [1.54, 1.807) is 6.92 Å². The van der Waals surface area contributed by atoms with E-state index in [0.717, 1.165) is 0 Å². The first-order valence-electron chi connectivity index (χ1n) is 9.72. The number of carbonyl (C=O) groups is 2. The van der Waals surface area contributed by atoms with E-state index in [-0.39, 0.29) is 33.2 Å². The van der Waals surface area contributed by atoms with Gasteiger partial charge in [0, 0.05) is 25.3 Å². The molecule has 3 rings (SSSR count). The van der Waals surface area contributed by atoms with Crippen molar-refractivity contribution in [1.82, 2.24) is 0 Å². The minimum Gasteiger partial charge on any atom is -0.497 e. The summed E-state index contributed by atoms with van der Waals surface area (Å²) in [6.07, 6.45) is -1.12. The number of carbonyl (C=O) groups excluding carboxylic acids is 2. The van der Waals surface area contributed by atoms with Crippen LogP contribution in [0.1, 0.15) is 30.0 Å². The van der Waals surface area contributed by atoms with Crippen LogP contribution >= 0.6 is 0 Å². The van der Waals surface area contributed by atoms with Crippen molar-refractivity contribution in [3.05, 3.63) is 47.7 Å². The fourth-order valence-corrected chi connectivity index (χ4v) is 4.24. The van der Waals surface area contributed by atoms with Crippen molar-refractivity contribution in [1.29, 1.82) is 0 Å². The van der Waals surface area contributed by atoms with Crippen molar-refractivity contribution in [3.63, 3.8) is 0 Å². The van der Waals surface area contributed by atoms with Crippen LogP contribution in [0.25, 0.3) is 11.0 Å². The molecule has 1 heterocycles. The van der Waals surface area contributed by atoms with E-state index in [1.165, 1.54) is 64.5 Å². The highest BCUT2D eigenvalue weighted by Crippen LogP contribution is 2.36. The van der Waals surface area contributed by atoms with Gasteiger partial charge < -0.3 is 23.4 Å². The Balaban J connectivity index is 2.00. The number of ether oxygens (including phenoxy) is 4. The number of nitrogens with one attached hydrogen (secondary N) is 1. The first-order valence-corrected chi connectivity index (χ1v) is 11.2. The standard InChI is InChI=1S/C22H23NO9S/c1-12-21(22(25)32-14(3)31-13(2)24)17-10-18(20(29-5)11-19(17)30-12)23-33(26,27)16-8-6-15(28-4)7-9-16/h6-11,14,23H,1-5H3. The minimum atomic E-state index is -3.99. The SMILES string of the molecule is COc1ccc(S(=O)(=O)Nc2cc3c(C(=O)OC(C)OC(C)=O)c(C)oc3cc2OC)cc1. The Morgan fingerprint density at radius 1 is 1.03 bits per heavy atom. The van der Waals surface area contributed by atoms with Gasteiger partial charge in [-0.2, -0.15) is 0 Å². The van der Waals surface area contributed by atoms with Crippen molar-refractivity contribution < 1.29 is 41.4 Å². The molecule has 0 radical (unpaired) electrons. The van der Waals surface area contributed by atoms with Crippen LogP contribution in [0.15, 0.2) is 45.7 Å². The molecule has 0 aliphatic carbocycles. The fraction of sp³-hybridized carbons (Fsp3) is 0.273. The maximum absolute atomic E-state index is 12.9. The molecule has 1 atom stereocenters. The van der Waals surface area contributed by atoms with Gasteiger partial charge in [0.2, 0.25) is 6.29 Å². The maximum Gasteiger partial charge on any atom is 0.345 e. The summed E-state index contributed by atoms with van der Waals surface area (Å²) in [7, 11) is -1.14. The second-order valence-electron chi connectivity index (χ2n) is 6.95. The average molecular weight is 477 g/mol. The third-order valence-electron chi connectivity index (χ3n) is 4.61. The van der Waals surface area contributed by atoms with Gasteiger partial charge in [-0.1, -0.05) is 0 Å². The highest BCUT2D eigenvalue weighted by Gasteiger charge is 2.25. The number of sulfonamides is 1. The summed E-state index contributed by atoms with van der Waals surface area (Å²) >= 11 is 0. The summed E-state index contributed by atoms with van der Waals surface area (Å²) in [5.74, 6) is -0.477. The topological polar surface area (TPSA) is 130 Å². The third kappa shape index (κ3) is 5.20. The second-order valence-corrected chi connectivity index (χ2v) is 8.63. The Labute approximate surface area is 190 Å². The number of esters is 2. The molecule has 0 amide bonds. The van der Waals surface area contributed by atoms with E-state index >= 15 is 0 Å². The van der Waals surface area contributed by atoms with E-state index in [4.69, 9.17) is 23.4 Å². The Hall–Kier alpha value is -3.73. The quantitative estimate of drug-likeness (QED) is 0.382. The van der Waals surface area contributed by atoms with Crippen molar-refractivity contribution in [2.24, 2.45) is 0 Å². The molecule has 0 bridgehead atoms. The minimum absolute atomic E-state index is 0.00339. The number of methoxy groups -OCH3 is 2. The molecule has 2 aromatic carbocycles. The molecule has 1 N–H and O–H groups in total. The summed E-state index contributed by atoms with van der Waals surface area (Å²) in [5, 5.41) is 0.292. The highest BCUT2D eigenvalue weighted by atomic mass is 32.2. The van der Waals surface area contributed by atoms with Gasteiger partial charge in [-0.3, -0.25) is 9.52 Å². The first-order chi connectivity index (χ1) is 15.6. The van der Waals surface area contributed by atoms with Crippen molar-refractivity contribution in [3.8, 4) is 11.5 Å². The van der Waals surface area contributed by atoms with E-state index in [9.17, 15) is 18.0 Å². The molecule has 176 valence electrons. The lowest BCUT2D eigenvalue weighted by Gasteiger charge is -2.14. The average Bonchev–Trinajstić information content (AvgIpc) is 3.06. The van der Waals surface area contributed by atoms with Crippen molar-refractivity contribution >= 4 is 38.6 Å². The summed E-state index contributed by atoms with van der Waals surface area (Å²) in [6, 6.07) is 8.71. The summed E-state index contributed by atoms with van der Waals surface area (Å²) in [5.41, 5.74) is 0.434. The van der Waals surface area contributed by atoms with Crippen LogP contribution < -0.4 is 14.2 Å². The zero-order valence-electron chi connectivity index (χ0n) is 18.6. The molecule has 33 heavy (non-hydrogen) atoms. The number of anilines is 1. The number of hydrogen-bond donors (Lipinski definition) is 1. The van der Waals surface area contributed by atoms with E-state index in [2.05, 4.69) is 4.72 Å². The number of hydrogen-bond acceptors (Lipinski definition) is 9. The van der Waals surface area contributed by atoms with Crippen molar-refractivity contribution in [2.75, 3.05) is 18.9 Å². The number of rotatable bonds is 8. The Kier molecular flexibility index (Phi) is 6.82. The van der Waals surface area contributed by atoms with Crippen LogP contribution in [0.5, 0.6) is 11.5 Å². The predicted octanol–water partition coefficient (Wildman–Crippen LogP) is 3.63. The van der Waals surface area contributed by atoms with Crippen LogP contribution in [0.4, 0.5) is 5.69 Å². The molecule has 0 aliphatic heterocycles. The Morgan fingerprint density at radius 2 is 1.70 bits per heavy atom. The fourth-order valence-electron chi connectivity index (χ4n) is 3.17. The molecular formula is C22H23NO9S. The van der Waals surface area contributed by atoms with E-state index < -0.39 is 28.3 Å². The largest absolute Gasteiger partial charge is 0.497 e. The Bertz CT molecular complexity index is 1290. The van der Waals surface area contributed by atoms with Gasteiger partial charge in [-0.05, 0) is 37.3 Å². The monoisotopic (exact) mass is 477 g/mol. The number of fused-ring (bicyclic) bond motifs is 1. The predicted molar refractivity (Wildman–Crippen MR) is 118 cm³/mol. The molecule has 10 nitrogen and oxygen atoms in total.